The van der Waals surface area contributed by atoms with Crippen LogP contribution < -0.4 is 4.74 Å². The fourth-order valence-corrected chi connectivity index (χ4v) is 2.69. The Kier molecular flexibility index (Phi) is 3.96. The van der Waals surface area contributed by atoms with E-state index in [1.165, 1.54) is 0 Å². The molecule has 3 aromatic heterocycles. The Balaban J connectivity index is 1.71. The highest BCUT2D eigenvalue weighted by atomic mass is 16.5. The van der Waals surface area contributed by atoms with E-state index < -0.39 is 0 Å². The van der Waals surface area contributed by atoms with Crippen molar-refractivity contribution < 1.29 is 4.74 Å². The van der Waals surface area contributed by atoms with Gasteiger partial charge in [-0.15, -0.1) is 0 Å². The van der Waals surface area contributed by atoms with Crippen LogP contribution >= 0.6 is 0 Å². The molecule has 0 atom stereocenters. The molecule has 0 bridgehead atoms. The van der Waals surface area contributed by atoms with Crippen LogP contribution in [0.3, 0.4) is 0 Å². The molecular formula is C20H16N4O. The monoisotopic (exact) mass is 328 g/mol. The minimum absolute atomic E-state index is 0.779. The second-order valence-corrected chi connectivity index (χ2v) is 5.49. The van der Waals surface area contributed by atoms with Crippen molar-refractivity contribution in [2.24, 2.45) is 0 Å². The van der Waals surface area contributed by atoms with E-state index in [-0.39, 0.29) is 0 Å². The van der Waals surface area contributed by atoms with Gasteiger partial charge in [-0.3, -0.25) is 4.98 Å². The van der Waals surface area contributed by atoms with E-state index in [0.29, 0.717) is 0 Å². The van der Waals surface area contributed by atoms with Crippen LogP contribution in [0.5, 0.6) is 5.75 Å². The maximum absolute atomic E-state index is 5.57. The second kappa shape index (κ2) is 6.57. The number of methoxy groups -OCH3 is 1. The van der Waals surface area contributed by atoms with Crippen LogP contribution in [0.2, 0.25) is 0 Å². The van der Waals surface area contributed by atoms with Crippen LogP contribution in [0.4, 0.5) is 0 Å². The van der Waals surface area contributed by atoms with Gasteiger partial charge >= 0.3 is 0 Å². The van der Waals surface area contributed by atoms with E-state index in [4.69, 9.17) is 4.74 Å². The Labute approximate surface area is 145 Å². The van der Waals surface area contributed by atoms with Crippen molar-refractivity contribution in [3.63, 3.8) is 0 Å². The van der Waals surface area contributed by atoms with Crippen molar-refractivity contribution in [3.8, 4) is 34.0 Å². The number of pyridine rings is 2. The summed E-state index contributed by atoms with van der Waals surface area (Å²) in [6.07, 6.45) is 7.31. The van der Waals surface area contributed by atoms with Gasteiger partial charge in [-0.25, -0.2) is 9.67 Å². The lowest BCUT2D eigenvalue weighted by Gasteiger charge is -2.09. The van der Waals surface area contributed by atoms with Gasteiger partial charge in [0.25, 0.3) is 0 Å². The molecule has 0 aliphatic rings. The number of nitrogens with zero attached hydrogens (tertiary/aromatic N) is 4. The summed E-state index contributed by atoms with van der Waals surface area (Å²) in [6, 6.07) is 17.6. The molecule has 4 aromatic rings. The maximum atomic E-state index is 5.57. The highest BCUT2D eigenvalue weighted by molar-refractivity contribution is 5.74. The fourth-order valence-electron chi connectivity index (χ4n) is 2.69. The molecule has 4 rings (SSSR count). The summed E-state index contributed by atoms with van der Waals surface area (Å²) < 4.78 is 7.33. The first-order valence-electron chi connectivity index (χ1n) is 7.91. The summed E-state index contributed by atoms with van der Waals surface area (Å²) in [6.45, 7) is 0. The minimum Gasteiger partial charge on any atom is -0.496 e. The van der Waals surface area contributed by atoms with E-state index in [1.54, 1.807) is 24.2 Å². The predicted molar refractivity (Wildman–Crippen MR) is 96.6 cm³/mol. The lowest BCUT2D eigenvalue weighted by atomic mass is 10.0. The van der Waals surface area contributed by atoms with Crippen LogP contribution in [-0.2, 0) is 0 Å². The fraction of sp³-hybridized carbons (Fsp3) is 0.0500. The lowest BCUT2D eigenvalue weighted by molar-refractivity contribution is 0.416. The number of aromatic nitrogens is 4. The molecule has 0 unspecified atom stereocenters. The van der Waals surface area contributed by atoms with Crippen LogP contribution in [0.15, 0.2) is 79.4 Å². The smallest absolute Gasteiger partial charge is 0.153 e. The molecule has 1 aromatic carbocycles. The molecule has 3 heterocycles. The normalized spacial score (nSPS) is 10.6. The molecule has 25 heavy (non-hydrogen) atoms. The van der Waals surface area contributed by atoms with Crippen LogP contribution in [0, 0.1) is 0 Å². The molecule has 0 amide bonds. The molecule has 0 spiro atoms. The van der Waals surface area contributed by atoms with Crippen LogP contribution in [0.1, 0.15) is 0 Å². The molecule has 0 aliphatic carbocycles. The Morgan fingerprint density at radius 2 is 1.72 bits per heavy atom. The van der Waals surface area contributed by atoms with E-state index in [1.807, 2.05) is 67.0 Å². The second-order valence-electron chi connectivity index (χ2n) is 5.49. The zero-order valence-corrected chi connectivity index (χ0v) is 13.7. The molecular weight excluding hydrogens is 312 g/mol. The average molecular weight is 328 g/mol. The molecule has 5 nitrogen and oxygen atoms in total. The first-order chi connectivity index (χ1) is 12.3. The molecule has 0 fully saturated rings. The maximum Gasteiger partial charge on any atom is 0.153 e. The number of hydrogen-bond donors (Lipinski definition) is 0. The molecule has 122 valence electrons. The van der Waals surface area contributed by atoms with Crippen molar-refractivity contribution >= 4 is 0 Å². The Hall–Kier alpha value is -3.47. The largest absolute Gasteiger partial charge is 0.496 e. The molecule has 0 N–H and O–H groups in total. The zero-order chi connectivity index (χ0) is 17.1. The Bertz CT molecular complexity index is 981. The lowest BCUT2D eigenvalue weighted by Crippen LogP contribution is -1.96. The molecule has 0 saturated heterocycles. The van der Waals surface area contributed by atoms with E-state index >= 15 is 0 Å². The third kappa shape index (κ3) is 2.99. The number of hydrogen-bond acceptors (Lipinski definition) is 4. The highest BCUT2D eigenvalue weighted by Crippen LogP contribution is 2.33. The van der Waals surface area contributed by atoms with Gasteiger partial charge in [0, 0.05) is 29.7 Å². The first kappa shape index (κ1) is 15.1. The van der Waals surface area contributed by atoms with Gasteiger partial charge in [0.05, 0.1) is 19.0 Å². The molecule has 0 radical (unpaired) electrons. The van der Waals surface area contributed by atoms with E-state index in [9.17, 15) is 0 Å². The highest BCUT2D eigenvalue weighted by Gasteiger charge is 2.10. The van der Waals surface area contributed by atoms with Gasteiger partial charge in [0.15, 0.2) is 5.82 Å². The van der Waals surface area contributed by atoms with Gasteiger partial charge in [-0.05, 0) is 42.0 Å². The van der Waals surface area contributed by atoms with Crippen LogP contribution in [-0.4, -0.2) is 26.9 Å². The van der Waals surface area contributed by atoms with Gasteiger partial charge in [-0.1, -0.05) is 18.2 Å². The third-order valence-electron chi connectivity index (χ3n) is 3.94. The van der Waals surface area contributed by atoms with Gasteiger partial charge in [0.2, 0.25) is 0 Å². The number of rotatable bonds is 4. The summed E-state index contributed by atoms with van der Waals surface area (Å²) in [5, 5.41) is 4.40. The molecule has 0 aliphatic heterocycles. The molecule has 5 heteroatoms. The minimum atomic E-state index is 0.779. The van der Waals surface area contributed by atoms with Gasteiger partial charge < -0.3 is 4.74 Å². The van der Waals surface area contributed by atoms with Gasteiger partial charge in [0.1, 0.15) is 5.75 Å². The number of benzene rings is 1. The zero-order valence-electron chi connectivity index (χ0n) is 13.7. The van der Waals surface area contributed by atoms with E-state index in [0.717, 1.165) is 34.0 Å². The summed E-state index contributed by atoms with van der Waals surface area (Å²) in [4.78, 5) is 8.71. The average Bonchev–Trinajstić information content (AvgIpc) is 3.19. The van der Waals surface area contributed by atoms with Crippen molar-refractivity contribution in [1.29, 1.82) is 0 Å². The topological polar surface area (TPSA) is 52.8 Å². The predicted octanol–water partition coefficient (Wildman–Crippen LogP) is 4.00. The van der Waals surface area contributed by atoms with Crippen molar-refractivity contribution in [2.45, 2.75) is 0 Å². The summed E-state index contributed by atoms with van der Waals surface area (Å²) in [5.41, 5.74) is 3.87. The van der Waals surface area contributed by atoms with Crippen molar-refractivity contribution in [3.05, 3.63) is 79.4 Å². The Morgan fingerprint density at radius 1 is 0.880 bits per heavy atom. The molecule has 0 saturated carbocycles. The standard InChI is InChI=1S/C20H16N4O/c1-25-19-12-15(8-9-17(19)18-6-2-4-10-21-18)16-13-23-24(14-16)20-7-3-5-11-22-20/h2-14H,1H3. The SMILES string of the molecule is COc1cc(-c2cnn(-c3ccccn3)c2)ccc1-c1ccccn1. The quantitative estimate of drug-likeness (QED) is 0.568. The first-order valence-corrected chi connectivity index (χ1v) is 7.91. The summed E-state index contributed by atoms with van der Waals surface area (Å²) in [5.74, 6) is 1.56. The van der Waals surface area contributed by atoms with Crippen molar-refractivity contribution in [1.82, 2.24) is 19.7 Å². The van der Waals surface area contributed by atoms with E-state index in [2.05, 4.69) is 15.1 Å². The summed E-state index contributed by atoms with van der Waals surface area (Å²) in [7, 11) is 1.67. The third-order valence-corrected chi connectivity index (χ3v) is 3.94. The number of ether oxygens (including phenoxy) is 1. The summed E-state index contributed by atoms with van der Waals surface area (Å²) >= 11 is 0. The van der Waals surface area contributed by atoms with Crippen molar-refractivity contribution in [2.75, 3.05) is 7.11 Å². The van der Waals surface area contributed by atoms with Gasteiger partial charge in [-0.2, -0.15) is 5.10 Å². The van der Waals surface area contributed by atoms with Crippen LogP contribution in [0.25, 0.3) is 28.2 Å². The Morgan fingerprint density at radius 3 is 2.44 bits per heavy atom.